The van der Waals surface area contributed by atoms with Gasteiger partial charge in [0.2, 0.25) is 0 Å². The number of nitrogens with zero attached hydrogens (tertiary/aromatic N) is 4. The maximum atomic E-state index is 14.1. The number of hydrogen-bond acceptors (Lipinski definition) is 6. The van der Waals surface area contributed by atoms with E-state index in [-0.39, 0.29) is 12.0 Å². The highest BCUT2D eigenvalue weighted by atomic mass is 79.9. The van der Waals surface area contributed by atoms with Gasteiger partial charge in [0.25, 0.3) is 0 Å². The lowest BCUT2D eigenvalue weighted by molar-refractivity contribution is -0.0298. The number of hydrogen-bond donors (Lipinski definition) is 1. The number of anilines is 1. The van der Waals surface area contributed by atoms with E-state index < -0.39 is 0 Å². The predicted molar refractivity (Wildman–Crippen MR) is 112 cm³/mol. The molecule has 1 atom stereocenters. The molecule has 1 fully saturated rings. The van der Waals surface area contributed by atoms with E-state index in [2.05, 4.69) is 36.2 Å². The van der Waals surface area contributed by atoms with Gasteiger partial charge in [-0.05, 0) is 60.2 Å². The van der Waals surface area contributed by atoms with Gasteiger partial charge in [0.05, 0.1) is 17.9 Å². The van der Waals surface area contributed by atoms with Crippen LogP contribution in [0.1, 0.15) is 36.6 Å². The van der Waals surface area contributed by atoms with Gasteiger partial charge < -0.3 is 14.8 Å². The molecule has 1 N–H and O–H groups in total. The molecule has 7 nitrogen and oxygen atoms in total. The highest BCUT2D eigenvalue weighted by molar-refractivity contribution is 9.10. The van der Waals surface area contributed by atoms with Crippen LogP contribution >= 0.6 is 15.9 Å². The summed E-state index contributed by atoms with van der Waals surface area (Å²) < 4.78 is 28.1. The fraction of sp³-hybridized carbons (Fsp3) is 0.450. The topological polar surface area (TPSA) is 74.1 Å². The molecule has 3 heterocycles. The van der Waals surface area contributed by atoms with Crippen LogP contribution in [0.5, 0.6) is 5.75 Å². The van der Waals surface area contributed by atoms with Crippen LogP contribution < -0.4 is 10.1 Å². The van der Waals surface area contributed by atoms with Crippen molar-refractivity contribution in [3.8, 4) is 5.75 Å². The molecule has 0 bridgehead atoms. The quantitative estimate of drug-likeness (QED) is 0.583. The SMILES string of the molecule is COc1c(CCNc2ncnc3c2ncn3C2CCCCO2)cc(F)c(C)c1Br. The number of ether oxygens (including phenoxy) is 2. The summed E-state index contributed by atoms with van der Waals surface area (Å²) in [5, 5.41) is 3.30. The third kappa shape index (κ3) is 3.93. The van der Waals surface area contributed by atoms with Crippen molar-refractivity contribution >= 4 is 32.9 Å². The standard InChI is InChI=1S/C20H23BrFN5O2/c1-12-14(22)9-13(18(28-2)16(12)21)6-7-23-19-17-20(25-10-24-19)27(11-26-17)15-5-3-4-8-29-15/h9-11,15H,3-8H2,1-2H3,(H,23,24,25). The lowest BCUT2D eigenvalue weighted by atomic mass is 10.1. The molecule has 1 unspecified atom stereocenters. The summed E-state index contributed by atoms with van der Waals surface area (Å²) >= 11 is 3.42. The molecular formula is C20H23BrFN5O2. The number of aromatic nitrogens is 4. The van der Waals surface area contributed by atoms with E-state index in [9.17, 15) is 4.39 Å². The lowest BCUT2D eigenvalue weighted by Gasteiger charge is -2.23. The first-order chi connectivity index (χ1) is 14.1. The van der Waals surface area contributed by atoms with Gasteiger partial charge in [-0.25, -0.2) is 19.3 Å². The molecule has 2 aromatic heterocycles. The fourth-order valence-electron chi connectivity index (χ4n) is 3.60. The van der Waals surface area contributed by atoms with Crippen molar-refractivity contribution in [1.82, 2.24) is 19.5 Å². The zero-order valence-corrected chi connectivity index (χ0v) is 18.0. The molecule has 1 aromatic carbocycles. The zero-order chi connectivity index (χ0) is 20.4. The van der Waals surface area contributed by atoms with Crippen molar-refractivity contribution in [3.05, 3.63) is 40.1 Å². The molecule has 0 spiro atoms. The number of rotatable bonds is 6. The Bertz CT molecular complexity index is 1020. The summed E-state index contributed by atoms with van der Waals surface area (Å²) in [6, 6.07) is 1.52. The van der Waals surface area contributed by atoms with E-state index in [0.717, 1.165) is 37.1 Å². The summed E-state index contributed by atoms with van der Waals surface area (Å²) in [6.45, 7) is 3.02. The molecule has 0 radical (unpaired) electrons. The van der Waals surface area contributed by atoms with Crippen LogP contribution in [0.15, 0.2) is 23.2 Å². The van der Waals surface area contributed by atoms with E-state index in [1.165, 1.54) is 12.4 Å². The van der Waals surface area contributed by atoms with Crippen molar-refractivity contribution in [2.24, 2.45) is 0 Å². The largest absolute Gasteiger partial charge is 0.495 e. The second-order valence-corrected chi connectivity index (χ2v) is 7.83. The van der Waals surface area contributed by atoms with Gasteiger partial charge in [-0.2, -0.15) is 0 Å². The average molecular weight is 464 g/mol. The van der Waals surface area contributed by atoms with Crippen LogP contribution in [0.2, 0.25) is 0 Å². The molecule has 0 amide bonds. The minimum atomic E-state index is -0.261. The first-order valence-electron chi connectivity index (χ1n) is 9.64. The Morgan fingerprint density at radius 1 is 1.34 bits per heavy atom. The number of benzene rings is 1. The van der Waals surface area contributed by atoms with Gasteiger partial charge in [0, 0.05) is 18.7 Å². The summed E-state index contributed by atoms with van der Waals surface area (Å²) in [6.07, 6.45) is 6.98. The molecule has 0 aliphatic carbocycles. The number of nitrogens with one attached hydrogen (secondary N) is 1. The maximum absolute atomic E-state index is 14.1. The molecule has 1 aliphatic rings. The molecular weight excluding hydrogens is 441 g/mol. The normalized spacial score (nSPS) is 16.9. The van der Waals surface area contributed by atoms with Crippen LogP contribution in [0.3, 0.4) is 0 Å². The average Bonchev–Trinajstić information content (AvgIpc) is 3.18. The molecule has 29 heavy (non-hydrogen) atoms. The Labute approximate surface area is 176 Å². The van der Waals surface area contributed by atoms with E-state index in [1.54, 1.807) is 20.4 Å². The Morgan fingerprint density at radius 2 is 2.21 bits per heavy atom. The molecule has 4 rings (SSSR count). The van der Waals surface area contributed by atoms with Gasteiger partial charge >= 0.3 is 0 Å². The van der Waals surface area contributed by atoms with Crippen LogP contribution in [0, 0.1) is 12.7 Å². The zero-order valence-electron chi connectivity index (χ0n) is 16.4. The van der Waals surface area contributed by atoms with E-state index in [1.807, 2.05) is 4.57 Å². The van der Waals surface area contributed by atoms with Gasteiger partial charge in [0.1, 0.15) is 24.1 Å². The summed E-state index contributed by atoms with van der Waals surface area (Å²) in [5.41, 5.74) is 2.76. The lowest BCUT2D eigenvalue weighted by Crippen LogP contribution is -2.17. The van der Waals surface area contributed by atoms with Crippen molar-refractivity contribution in [2.75, 3.05) is 25.6 Å². The maximum Gasteiger partial charge on any atom is 0.167 e. The minimum Gasteiger partial charge on any atom is -0.495 e. The number of imidazole rings is 1. The Hall–Kier alpha value is -2.26. The molecule has 9 heteroatoms. The molecule has 1 aliphatic heterocycles. The first-order valence-corrected chi connectivity index (χ1v) is 10.4. The van der Waals surface area contributed by atoms with E-state index >= 15 is 0 Å². The highest BCUT2D eigenvalue weighted by Gasteiger charge is 2.20. The van der Waals surface area contributed by atoms with Crippen molar-refractivity contribution in [3.63, 3.8) is 0 Å². The molecule has 0 saturated carbocycles. The Balaban J connectivity index is 1.52. The summed E-state index contributed by atoms with van der Waals surface area (Å²) in [7, 11) is 1.59. The van der Waals surface area contributed by atoms with Crippen LogP contribution in [0.4, 0.5) is 10.2 Å². The monoisotopic (exact) mass is 463 g/mol. The first kappa shape index (κ1) is 20.0. The molecule has 1 saturated heterocycles. The minimum absolute atomic E-state index is 0.0337. The van der Waals surface area contributed by atoms with Crippen molar-refractivity contribution in [2.45, 2.75) is 38.8 Å². The van der Waals surface area contributed by atoms with Gasteiger partial charge in [-0.15, -0.1) is 0 Å². The number of methoxy groups -OCH3 is 1. The van der Waals surface area contributed by atoms with Gasteiger partial charge in [-0.3, -0.25) is 4.57 Å². The van der Waals surface area contributed by atoms with Crippen LogP contribution in [-0.4, -0.2) is 39.8 Å². The van der Waals surface area contributed by atoms with E-state index in [4.69, 9.17) is 9.47 Å². The van der Waals surface area contributed by atoms with Gasteiger partial charge in [-0.1, -0.05) is 0 Å². The second kappa shape index (κ2) is 8.62. The highest BCUT2D eigenvalue weighted by Crippen LogP contribution is 2.34. The number of fused-ring (bicyclic) bond motifs is 1. The summed E-state index contributed by atoms with van der Waals surface area (Å²) in [5.74, 6) is 1.04. The summed E-state index contributed by atoms with van der Waals surface area (Å²) in [4.78, 5) is 13.2. The second-order valence-electron chi connectivity index (χ2n) is 7.03. The smallest absolute Gasteiger partial charge is 0.167 e. The van der Waals surface area contributed by atoms with Gasteiger partial charge in [0.15, 0.2) is 17.0 Å². The van der Waals surface area contributed by atoms with Crippen molar-refractivity contribution < 1.29 is 13.9 Å². The van der Waals surface area contributed by atoms with Crippen LogP contribution in [0.25, 0.3) is 11.2 Å². The fourth-order valence-corrected chi connectivity index (χ4v) is 4.21. The van der Waals surface area contributed by atoms with Crippen LogP contribution in [-0.2, 0) is 11.2 Å². The third-order valence-corrected chi connectivity index (χ3v) is 6.15. The van der Waals surface area contributed by atoms with E-state index in [0.29, 0.717) is 40.1 Å². The Kier molecular flexibility index (Phi) is 5.96. The predicted octanol–water partition coefficient (Wildman–Crippen LogP) is 4.40. The molecule has 3 aromatic rings. The Morgan fingerprint density at radius 3 is 2.97 bits per heavy atom. The number of halogens is 2. The van der Waals surface area contributed by atoms with Crippen molar-refractivity contribution in [1.29, 1.82) is 0 Å². The molecule has 154 valence electrons. The third-order valence-electron chi connectivity index (χ3n) is 5.20.